The molecule has 0 amide bonds. The van der Waals surface area contributed by atoms with Crippen molar-refractivity contribution in [3.8, 4) is 5.75 Å². The van der Waals surface area contributed by atoms with Crippen molar-refractivity contribution in [1.29, 1.82) is 0 Å². The van der Waals surface area contributed by atoms with E-state index in [0.717, 1.165) is 5.69 Å². The Morgan fingerprint density at radius 1 is 1.42 bits per heavy atom. The predicted molar refractivity (Wildman–Crippen MR) is 72.4 cm³/mol. The fraction of sp³-hybridized carbons (Fsp3) is 0.231. The summed E-state index contributed by atoms with van der Waals surface area (Å²) >= 11 is 0. The molecule has 0 fully saturated rings. The van der Waals surface area contributed by atoms with Gasteiger partial charge < -0.3 is 14.6 Å². The van der Waals surface area contributed by atoms with E-state index in [0.29, 0.717) is 12.2 Å². The van der Waals surface area contributed by atoms with Crippen LogP contribution < -0.4 is 10.1 Å². The molecule has 2 rings (SSSR count). The molecule has 0 aliphatic rings. The minimum absolute atomic E-state index is 0.0422. The van der Waals surface area contributed by atoms with Crippen LogP contribution in [0.3, 0.4) is 0 Å². The molecule has 6 heteroatoms. The summed E-state index contributed by atoms with van der Waals surface area (Å²) in [6, 6.07) is 8.76. The number of hydrogen-bond donors (Lipinski definition) is 1. The number of aromatic nitrogens is 1. The number of nitrogens with one attached hydrogen (secondary N) is 1. The summed E-state index contributed by atoms with van der Waals surface area (Å²) in [6.45, 7) is 0.604. The van der Waals surface area contributed by atoms with Gasteiger partial charge in [-0.1, -0.05) is 0 Å². The van der Waals surface area contributed by atoms with Crippen molar-refractivity contribution >= 4 is 11.4 Å². The second kappa shape index (κ2) is 5.43. The van der Waals surface area contributed by atoms with Crippen LogP contribution in [0.2, 0.25) is 0 Å². The van der Waals surface area contributed by atoms with Gasteiger partial charge in [-0.3, -0.25) is 10.1 Å². The van der Waals surface area contributed by atoms with Crippen molar-refractivity contribution < 1.29 is 9.66 Å². The molecule has 1 aromatic carbocycles. The summed E-state index contributed by atoms with van der Waals surface area (Å²) < 4.78 is 6.95. The Hall–Kier alpha value is -2.50. The lowest BCUT2D eigenvalue weighted by atomic mass is 10.2. The highest BCUT2D eigenvalue weighted by Crippen LogP contribution is 2.29. The zero-order valence-corrected chi connectivity index (χ0v) is 10.8. The van der Waals surface area contributed by atoms with Crippen molar-refractivity contribution in [3.63, 3.8) is 0 Å². The van der Waals surface area contributed by atoms with Crippen LogP contribution in [0.1, 0.15) is 5.69 Å². The van der Waals surface area contributed by atoms with Crippen LogP contribution in [0.5, 0.6) is 5.75 Å². The van der Waals surface area contributed by atoms with E-state index >= 15 is 0 Å². The van der Waals surface area contributed by atoms with E-state index in [-0.39, 0.29) is 11.4 Å². The maximum absolute atomic E-state index is 10.9. The molecule has 2 aromatic rings. The van der Waals surface area contributed by atoms with Crippen LogP contribution in [-0.2, 0) is 13.6 Å². The van der Waals surface area contributed by atoms with E-state index in [4.69, 9.17) is 4.74 Å². The summed E-state index contributed by atoms with van der Waals surface area (Å²) in [5.41, 5.74) is 1.74. The maximum atomic E-state index is 10.9. The second-order valence-electron chi connectivity index (χ2n) is 4.11. The first-order valence-electron chi connectivity index (χ1n) is 5.78. The number of ether oxygens (including phenoxy) is 1. The smallest absolute Gasteiger partial charge is 0.312 e. The molecule has 1 aromatic heterocycles. The fourth-order valence-electron chi connectivity index (χ4n) is 1.82. The molecule has 100 valence electrons. The Morgan fingerprint density at radius 2 is 2.21 bits per heavy atom. The van der Waals surface area contributed by atoms with E-state index in [1.165, 1.54) is 13.2 Å². The number of hydrogen-bond acceptors (Lipinski definition) is 4. The molecule has 0 aliphatic carbocycles. The summed E-state index contributed by atoms with van der Waals surface area (Å²) in [5.74, 6) is 0.259. The lowest BCUT2D eigenvalue weighted by Crippen LogP contribution is -2.04. The Morgan fingerprint density at radius 3 is 2.79 bits per heavy atom. The minimum Gasteiger partial charge on any atom is -0.490 e. The highest BCUT2D eigenvalue weighted by Gasteiger charge is 2.15. The molecule has 1 heterocycles. The van der Waals surface area contributed by atoms with Gasteiger partial charge in [-0.2, -0.15) is 0 Å². The molecular formula is C13H15N3O3. The van der Waals surface area contributed by atoms with Crippen molar-refractivity contribution in [1.82, 2.24) is 4.57 Å². The Kier molecular flexibility index (Phi) is 3.70. The first-order valence-corrected chi connectivity index (χ1v) is 5.78. The number of nitro groups is 1. The molecule has 0 radical (unpaired) electrons. The van der Waals surface area contributed by atoms with Crippen LogP contribution in [0.25, 0.3) is 0 Å². The third-order valence-corrected chi connectivity index (χ3v) is 2.90. The molecule has 0 atom stereocenters. The number of benzene rings is 1. The largest absolute Gasteiger partial charge is 0.490 e. The molecule has 0 saturated carbocycles. The molecular weight excluding hydrogens is 246 g/mol. The highest BCUT2D eigenvalue weighted by atomic mass is 16.6. The standard InChI is InChI=1S/C13H15N3O3/c1-15-7-3-4-11(15)9-14-10-5-6-13(19-2)12(8-10)16(17)18/h3-8,14H,9H2,1-2H3. The van der Waals surface area contributed by atoms with Crippen molar-refractivity contribution in [2.45, 2.75) is 6.54 Å². The lowest BCUT2D eigenvalue weighted by Gasteiger charge is -2.08. The van der Waals surface area contributed by atoms with Crippen LogP contribution in [0.4, 0.5) is 11.4 Å². The van der Waals surface area contributed by atoms with Crippen LogP contribution in [-0.4, -0.2) is 16.6 Å². The van der Waals surface area contributed by atoms with Gasteiger partial charge >= 0.3 is 5.69 Å². The average molecular weight is 261 g/mol. The second-order valence-corrected chi connectivity index (χ2v) is 4.11. The normalized spacial score (nSPS) is 10.2. The Bertz CT molecular complexity index is 593. The quantitative estimate of drug-likeness (QED) is 0.663. The lowest BCUT2D eigenvalue weighted by molar-refractivity contribution is -0.385. The number of anilines is 1. The van der Waals surface area contributed by atoms with Gasteiger partial charge in [-0.15, -0.1) is 0 Å². The van der Waals surface area contributed by atoms with Gasteiger partial charge in [0.15, 0.2) is 5.75 Å². The predicted octanol–water partition coefficient (Wildman–Crippen LogP) is 2.55. The zero-order chi connectivity index (χ0) is 13.8. The monoisotopic (exact) mass is 261 g/mol. The fourth-order valence-corrected chi connectivity index (χ4v) is 1.82. The van der Waals surface area contributed by atoms with Gasteiger partial charge in [0, 0.05) is 30.7 Å². The molecule has 0 saturated heterocycles. The van der Waals surface area contributed by atoms with Crippen LogP contribution >= 0.6 is 0 Å². The summed E-state index contributed by atoms with van der Waals surface area (Å²) in [5, 5.41) is 14.1. The van der Waals surface area contributed by atoms with E-state index in [9.17, 15) is 10.1 Å². The Balaban J connectivity index is 2.15. The first-order chi connectivity index (χ1) is 9.11. The number of nitro benzene ring substituents is 1. The third-order valence-electron chi connectivity index (χ3n) is 2.90. The van der Waals surface area contributed by atoms with Gasteiger partial charge in [0.2, 0.25) is 0 Å². The molecule has 1 N–H and O–H groups in total. The molecule has 0 spiro atoms. The maximum Gasteiger partial charge on any atom is 0.312 e. The van der Waals surface area contributed by atoms with Gasteiger partial charge in [0.05, 0.1) is 18.6 Å². The van der Waals surface area contributed by atoms with E-state index in [1.807, 2.05) is 29.9 Å². The number of rotatable bonds is 5. The minimum atomic E-state index is -0.452. The van der Waals surface area contributed by atoms with Crippen LogP contribution in [0.15, 0.2) is 36.5 Å². The van der Waals surface area contributed by atoms with Crippen molar-refractivity contribution in [2.75, 3.05) is 12.4 Å². The third kappa shape index (κ3) is 2.85. The van der Waals surface area contributed by atoms with Gasteiger partial charge in [-0.05, 0) is 24.3 Å². The highest BCUT2D eigenvalue weighted by molar-refractivity contribution is 5.58. The zero-order valence-electron chi connectivity index (χ0n) is 10.8. The first kappa shape index (κ1) is 12.9. The summed E-state index contributed by atoms with van der Waals surface area (Å²) in [6.07, 6.45) is 1.95. The topological polar surface area (TPSA) is 69.3 Å². The van der Waals surface area contributed by atoms with Gasteiger partial charge in [0.25, 0.3) is 0 Å². The van der Waals surface area contributed by atoms with Crippen LogP contribution in [0, 0.1) is 10.1 Å². The number of methoxy groups -OCH3 is 1. The van der Waals surface area contributed by atoms with Gasteiger partial charge in [-0.25, -0.2) is 0 Å². The number of aryl methyl sites for hydroxylation is 1. The molecule has 6 nitrogen and oxygen atoms in total. The summed E-state index contributed by atoms with van der Waals surface area (Å²) in [7, 11) is 3.37. The SMILES string of the molecule is COc1ccc(NCc2cccn2C)cc1[N+](=O)[O-]. The molecule has 19 heavy (non-hydrogen) atoms. The molecule has 0 aliphatic heterocycles. The number of nitrogens with zero attached hydrogens (tertiary/aromatic N) is 2. The average Bonchev–Trinajstić information content (AvgIpc) is 2.81. The van der Waals surface area contributed by atoms with E-state index in [2.05, 4.69) is 5.32 Å². The van der Waals surface area contributed by atoms with Crippen molar-refractivity contribution in [3.05, 3.63) is 52.3 Å². The molecule has 0 unspecified atom stereocenters. The van der Waals surface area contributed by atoms with Crippen molar-refractivity contribution in [2.24, 2.45) is 7.05 Å². The molecule has 0 bridgehead atoms. The van der Waals surface area contributed by atoms with E-state index < -0.39 is 4.92 Å². The van der Waals surface area contributed by atoms with E-state index in [1.54, 1.807) is 12.1 Å². The van der Waals surface area contributed by atoms with Gasteiger partial charge in [0.1, 0.15) is 0 Å². The summed E-state index contributed by atoms with van der Waals surface area (Å²) in [4.78, 5) is 10.5. The Labute approximate surface area is 110 Å².